The second-order valence-corrected chi connectivity index (χ2v) is 9.32. The summed E-state index contributed by atoms with van der Waals surface area (Å²) in [5.74, 6) is 0.526. The first-order valence-corrected chi connectivity index (χ1v) is 12.3. The predicted molar refractivity (Wildman–Crippen MR) is 142 cm³/mol. The molecule has 0 N–H and O–H groups in total. The van der Waals surface area contributed by atoms with E-state index in [1.807, 2.05) is 44.2 Å². The molecule has 0 saturated carbocycles. The average molecular weight is 535 g/mol. The molecule has 1 heterocycles. The normalized spacial score (nSPS) is 14.5. The molecule has 196 valence electrons. The highest BCUT2D eigenvalue weighted by Gasteiger charge is 2.37. The fourth-order valence-electron chi connectivity index (χ4n) is 4.49. The van der Waals surface area contributed by atoms with E-state index in [4.69, 9.17) is 35.8 Å². The maximum atomic E-state index is 13.8. The van der Waals surface area contributed by atoms with Gasteiger partial charge in [0.1, 0.15) is 11.8 Å². The highest BCUT2D eigenvalue weighted by Crippen LogP contribution is 2.46. The Labute approximate surface area is 226 Å². The van der Waals surface area contributed by atoms with Crippen LogP contribution in [-0.4, -0.2) is 38.8 Å². The molecular weight excluding hydrogens is 508 g/mol. The number of hydrogen-bond acceptors (Lipinski definition) is 7. The van der Waals surface area contributed by atoms with E-state index in [2.05, 4.69) is 0 Å². The lowest BCUT2D eigenvalue weighted by molar-refractivity contribution is -0.118. The Kier molecular flexibility index (Phi) is 8.08. The third-order valence-corrected chi connectivity index (χ3v) is 6.32. The summed E-state index contributed by atoms with van der Waals surface area (Å²) in [5, 5.41) is 9.72. The highest BCUT2D eigenvalue weighted by molar-refractivity contribution is 6.30. The van der Waals surface area contributed by atoms with Crippen molar-refractivity contribution >= 4 is 29.2 Å². The van der Waals surface area contributed by atoms with Gasteiger partial charge in [-0.05, 0) is 73.0 Å². The molecule has 0 aliphatic carbocycles. The van der Waals surface area contributed by atoms with Gasteiger partial charge in [-0.25, -0.2) is 4.79 Å². The van der Waals surface area contributed by atoms with Crippen molar-refractivity contribution in [2.75, 3.05) is 25.7 Å². The molecule has 1 aliphatic rings. The van der Waals surface area contributed by atoms with E-state index in [1.54, 1.807) is 36.3 Å². The number of hydrogen-bond donors (Lipinski definition) is 0. The van der Waals surface area contributed by atoms with E-state index in [0.29, 0.717) is 22.2 Å². The largest absolute Gasteiger partial charge is 0.493 e. The van der Waals surface area contributed by atoms with Gasteiger partial charge in [-0.2, -0.15) is 5.26 Å². The van der Waals surface area contributed by atoms with Crippen LogP contribution in [-0.2, 0) is 16.0 Å². The van der Waals surface area contributed by atoms with Gasteiger partial charge in [0.2, 0.25) is 5.91 Å². The molecule has 1 aliphatic heterocycles. The van der Waals surface area contributed by atoms with Gasteiger partial charge in [0.25, 0.3) is 0 Å². The fourth-order valence-corrected chi connectivity index (χ4v) is 4.62. The number of halogens is 1. The van der Waals surface area contributed by atoms with Crippen LogP contribution in [0.1, 0.15) is 46.9 Å². The summed E-state index contributed by atoms with van der Waals surface area (Å²) >= 11 is 6.19. The first kappa shape index (κ1) is 26.8. The molecule has 0 saturated heterocycles. The average Bonchev–Trinajstić information content (AvgIpc) is 2.91. The van der Waals surface area contributed by atoms with E-state index in [0.717, 1.165) is 16.7 Å². The number of nitrogens with zero attached hydrogens (tertiary/aromatic N) is 2. The van der Waals surface area contributed by atoms with Crippen LogP contribution in [0.4, 0.5) is 5.69 Å². The molecule has 38 heavy (non-hydrogen) atoms. The lowest BCUT2D eigenvalue weighted by Crippen LogP contribution is -2.41. The standard InChI is InChI=1S/C29H27ClN2O6/c1-17(2)38-26-16-22-20(14-25(26)35-3)15-27(33)32(28(22)18-5-8-21(30)9-6-18)23-10-7-19(29(34)36-4)13-24(23)37-12-11-31/h5-10,13-14,16-17,28H,12,15H2,1-4H3. The maximum Gasteiger partial charge on any atom is 0.337 e. The van der Waals surface area contributed by atoms with Crippen LogP contribution in [0.5, 0.6) is 17.2 Å². The molecule has 4 rings (SSSR count). The fraction of sp³-hybridized carbons (Fsp3) is 0.276. The van der Waals surface area contributed by atoms with E-state index in [9.17, 15) is 9.59 Å². The van der Waals surface area contributed by atoms with Crippen LogP contribution in [0, 0.1) is 11.3 Å². The summed E-state index contributed by atoms with van der Waals surface area (Å²) in [6.07, 6.45) is -0.0112. The third-order valence-electron chi connectivity index (χ3n) is 6.07. The Morgan fingerprint density at radius 3 is 2.45 bits per heavy atom. The minimum Gasteiger partial charge on any atom is -0.493 e. The van der Waals surface area contributed by atoms with E-state index in [1.165, 1.54) is 13.2 Å². The number of esters is 1. The monoisotopic (exact) mass is 534 g/mol. The molecule has 0 bridgehead atoms. The van der Waals surface area contributed by atoms with Crippen molar-refractivity contribution in [2.45, 2.75) is 32.4 Å². The molecule has 0 aromatic heterocycles. The number of amides is 1. The number of carbonyl (C=O) groups is 2. The summed E-state index contributed by atoms with van der Waals surface area (Å²) in [4.78, 5) is 27.6. The van der Waals surface area contributed by atoms with Crippen LogP contribution in [0.3, 0.4) is 0 Å². The van der Waals surface area contributed by atoms with Crippen LogP contribution >= 0.6 is 11.6 Å². The Bertz CT molecular complexity index is 1400. The number of benzene rings is 3. The second-order valence-electron chi connectivity index (χ2n) is 8.88. The minimum absolute atomic E-state index is 0.0915. The molecule has 3 aromatic carbocycles. The molecule has 9 heteroatoms. The first-order chi connectivity index (χ1) is 18.3. The van der Waals surface area contributed by atoms with Gasteiger partial charge in [0, 0.05) is 5.02 Å². The topological polar surface area (TPSA) is 98.1 Å². The van der Waals surface area contributed by atoms with Gasteiger partial charge >= 0.3 is 5.97 Å². The lowest BCUT2D eigenvalue weighted by Gasteiger charge is -2.38. The van der Waals surface area contributed by atoms with E-state index < -0.39 is 12.0 Å². The quantitative estimate of drug-likeness (QED) is 0.352. The number of fused-ring (bicyclic) bond motifs is 1. The van der Waals surface area contributed by atoms with Crippen molar-refractivity contribution in [3.05, 3.63) is 81.9 Å². The smallest absolute Gasteiger partial charge is 0.337 e. The van der Waals surface area contributed by atoms with Crippen molar-refractivity contribution in [1.29, 1.82) is 5.26 Å². The Morgan fingerprint density at radius 2 is 1.82 bits per heavy atom. The van der Waals surface area contributed by atoms with Crippen LogP contribution in [0.25, 0.3) is 0 Å². The first-order valence-electron chi connectivity index (χ1n) is 11.9. The van der Waals surface area contributed by atoms with Crippen LogP contribution < -0.4 is 19.1 Å². The molecular formula is C29H27ClN2O6. The minimum atomic E-state index is -0.586. The van der Waals surface area contributed by atoms with Gasteiger partial charge in [0.05, 0.1) is 44.0 Å². The maximum absolute atomic E-state index is 13.8. The van der Waals surface area contributed by atoms with Crippen molar-refractivity contribution in [1.82, 2.24) is 0 Å². The molecule has 0 radical (unpaired) electrons. The Balaban J connectivity index is 1.95. The summed E-state index contributed by atoms with van der Waals surface area (Å²) < 4.78 is 22.1. The van der Waals surface area contributed by atoms with Gasteiger partial charge < -0.3 is 18.9 Å². The van der Waals surface area contributed by atoms with Crippen molar-refractivity contribution in [2.24, 2.45) is 0 Å². The van der Waals surface area contributed by atoms with Gasteiger partial charge in [0.15, 0.2) is 18.1 Å². The summed E-state index contributed by atoms with van der Waals surface area (Å²) in [5.41, 5.74) is 3.07. The van der Waals surface area contributed by atoms with Crippen molar-refractivity contribution in [3.63, 3.8) is 0 Å². The predicted octanol–water partition coefficient (Wildman–Crippen LogP) is 5.50. The molecule has 1 atom stereocenters. The number of nitriles is 1. The van der Waals surface area contributed by atoms with Gasteiger partial charge in [-0.3, -0.25) is 9.69 Å². The molecule has 1 unspecified atom stereocenters. The molecule has 3 aromatic rings. The zero-order chi connectivity index (χ0) is 27.4. The van der Waals surface area contributed by atoms with Crippen molar-refractivity contribution < 1.29 is 28.5 Å². The molecule has 0 fully saturated rings. The zero-order valence-corrected chi connectivity index (χ0v) is 22.2. The molecule has 8 nitrogen and oxygen atoms in total. The van der Waals surface area contributed by atoms with Crippen LogP contribution in [0.15, 0.2) is 54.6 Å². The molecule has 0 spiro atoms. The Hall–Kier alpha value is -4.22. The summed E-state index contributed by atoms with van der Waals surface area (Å²) in [6, 6.07) is 17.0. The van der Waals surface area contributed by atoms with Gasteiger partial charge in [-0.1, -0.05) is 23.7 Å². The number of carbonyl (C=O) groups excluding carboxylic acids is 2. The second kappa shape index (κ2) is 11.4. The van der Waals surface area contributed by atoms with Crippen LogP contribution in [0.2, 0.25) is 5.02 Å². The number of anilines is 1. The van der Waals surface area contributed by atoms with Crippen molar-refractivity contribution in [3.8, 4) is 23.3 Å². The highest BCUT2D eigenvalue weighted by atomic mass is 35.5. The number of methoxy groups -OCH3 is 2. The zero-order valence-electron chi connectivity index (χ0n) is 21.5. The third kappa shape index (κ3) is 5.38. The van der Waals surface area contributed by atoms with E-state index >= 15 is 0 Å². The summed E-state index contributed by atoms with van der Waals surface area (Å²) in [6.45, 7) is 3.57. The Morgan fingerprint density at radius 1 is 1.08 bits per heavy atom. The number of rotatable bonds is 8. The van der Waals surface area contributed by atoms with E-state index in [-0.39, 0.29) is 36.4 Å². The lowest BCUT2D eigenvalue weighted by atomic mass is 9.86. The summed E-state index contributed by atoms with van der Waals surface area (Å²) in [7, 11) is 2.84. The number of ether oxygens (including phenoxy) is 4. The SMILES string of the molecule is COC(=O)c1ccc(N2C(=O)Cc3cc(OC)c(OC(C)C)cc3C2c2ccc(Cl)cc2)c(OCC#N)c1. The van der Waals surface area contributed by atoms with Gasteiger partial charge in [-0.15, -0.1) is 0 Å². The molecule has 1 amide bonds.